The topological polar surface area (TPSA) is 126 Å². The monoisotopic (exact) mass is 343 g/mol. The van der Waals surface area contributed by atoms with Crippen molar-refractivity contribution in [2.45, 2.75) is 0 Å². The quantitative estimate of drug-likeness (QED) is 0.519. The number of nitrogens with two attached hydrogens (primary N) is 1. The number of nitrogen functional groups attached to an aromatic ring is 1. The fourth-order valence-corrected chi connectivity index (χ4v) is 2.43. The molecule has 0 aliphatic heterocycles. The molecule has 0 aliphatic rings. The van der Waals surface area contributed by atoms with Gasteiger partial charge in [0.25, 0.3) is 0 Å². The van der Waals surface area contributed by atoms with Crippen LogP contribution in [0.15, 0.2) is 54.7 Å². The van der Waals surface area contributed by atoms with Gasteiger partial charge in [0.15, 0.2) is 0 Å². The van der Waals surface area contributed by atoms with Gasteiger partial charge in [0, 0.05) is 23.5 Å². The Morgan fingerprint density at radius 1 is 1.04 bits per heavy atom. The number of nitrogens with one attached hydrogen (secondary N) is 2. The van der Waals surface area contributed by atoms with Crippen molar-refractivity contribution in [3.05, 3.63) is 60.3 Å². The van der Waals surface area contributed by atoms with Crippen LogP contribution < -0.4 is 15.8 Å². The SMILES string of the molecule is N#Cc1ccc(Nc2nc(N)nc(Oc3ccc4cc[nH]c4c3)n2)cc1. The highest BCUT2D eigenvalue weighted by Crippen LogP contribution is 2.24. The summed E-state index contributed by atoms with van der Waals surface area (Å²) < 4.78 is 5.71. The highest BCUT2D eigenvalue weighted by Gasteiger charge is 2.08. The first-order valence-corrected chi connectivity index (χ1v) is 7.73. The van der Waals surface area contributed by atoms with E-state index in [2.05, 4.69) is 31.3 Å². The lowest BCUT2D eigenvalue weighted by atomic mass is 10.2. The van der Waals surface area contributed by atoms with Gasteiger partial charge in [-0.15, -0.1) is 0 Å². The number of nitrogens with zero attached hydrogens (tertiary/aromatic N) is 4. The molecule has 8 nitrogen and oxygen atoms in total. The normalized spacial score (nSPS) is 10.4. The average molecular weight is 343 g/mol. The molecule has 0 spiro atoms. The molecule has 4 rings (SSSR count). The van der Waals surface area contributed by atoms with Crippen LogP contribution in [0.25, 0.3) is 10.9 Å². The van der Waals surface area contributed by atoms with Gasteiger partial charge in [-0.2, -0.15) is 20.2 Å². The van der Waals surface area contributed by atoms with E-state index in [0.717, 1.165) is 10.9 Å². The fourth-order valence-electron chi connectivity index (χ4n) is 2.43. The zero-order valence-electron chi connectivity index (χ0n) is 13.5. The summed E-state index contributed by atoms with van der Waals surface area (Å²) in [5.41, 5.74) is 7.98. The Morgan fingerprint density at radius 2 is 1.88 bits per heavy atom. The summed E-state index contributed by atoms with van der Waals surface area (Å²) in [6, 6.07) is 16.6. The predicted molar refractivity (Wildman–Crippen MR) is 97.1 cm³/mol. The standard InChI is InChI=1S/C18H13N7O/c19-10-11-1-4-13(5-2-11)22-17-23-16(20)24-18(25-17)26-14-6-3-12-7-8-21-15(12)9-14/h1-9,21H,(H3,20,22,23,24,25). The molecule has 0 amide bonds. The molecule has 2 aromatic heterocycles. The van der Waals surface area contributed by atoms with E-state index in [-0.39, 0.29) is 17.9 Å². The van der Waals surface area contributed by atoms with Crippen LogP contribution in [0.2, 0.25) is 0 Å². The second-order valence-electron chi connectivity index (χ2n) is 5.44. The number of benzene rings is 2. The van der Waals surface area contributed by atoms with Gasteiger partial charge < -0.3 is 20.8 Å². The van der Waals surface area contributed by atoms with Crippen molar-refractivity contribution in [3.8, 4) is 17.8 Å². The Labute approximate surface area is 148 Å². The first-order valence-electron chi connectivity index (χ1n) is 7.73. The molecule has 26 heavy (non-hydrogen) atoms. The number of anilines is 3. The van der Waals surface area contributed by atoms with E-state index < -0.39 is 0 Å². The molecular formula is C18H13N7O. The van der Waals surface area contributed by atoms with Crippen LogP contribution in [0.3, 0.4) is 0 Å². The van der Waals surface area contributed by atoms with E-state index in [4.69, 9.17) is 15.7 Å². The highest BCUT2D eigenvalue weighted by molar-refractivity contribution is 5.80. The van der Waals surface area contributed by atoms with E-state index >= 15 is 0 Å². The zero-order chi connectivity index (χ0) is 17.9. The second kappa shape index (κ2) is 6.41. The summed E-state index contributed by atoms with van der Waals surface area (Å²) in [7, 11) is 0. The number of aromatic nitrogens is 4. The van der Waals surface area contributed by atoms with E-state index in [1.165, 1.54) is 0 Å². The maximum absolute atomic E-state index is 8.84. The summed E-state index contributed by atoms with van der Waals surface area (Å²) in [5.74, 6) is 0.861. The fraction of sp³-hybridized carbons (Fsp3) is 0. The van der Waals surface area contributed by atoms with E-state index in [9.17, 15) is 0 Å². The number of fused-ring (bicyclic) bond motifs is 1. The molecule has 4 aromatic rings. The number of nitriles is 1. The first-order chi connectivity index (χ1) is 12.7. The minimum absolute atomic E-state index is 0.0343. The lowest BCUT2D eigenvalue weighted by Crippen LogP contribution is -2.05. The highest BCUT2D eigenvalue weighted by atomic mass is 16.5. The molecule has 0 saturated heterocycles. The zero-order valence-corrected chi connectivity index (χ0v) is 13.5. The van der Waals surface area contributed by atoms with Crippen molar-refractivity contribution in [1.29, 1.82) is 5.26 Å². The average Bonchev–Trinajstić information content (AvgIpc) is 3.09. The number of ether oxygens (including phenoxy) is 1. The predicted octanol–water partition coefficient (Wildman–Crippen LogP) is 3.34. The van der Waals surface area contributed by atoms with Crippen molar-refractivity contribution in [3.63, 3.8) is 0 Å². The van der Waals surface area contributed by atoms with Crippen molar-refractivity contribution in [2.75, 3.05) is 11.1 Å². The minimum Gasteiger partial charge on any atom is -0.424 e. The van der Waals surface area contributed by atoms with Gasteiger partial charge in [-0.1, -0.05) is 0 Å². The van der Waals surface area contributed by atoms with Gasteiger partial charge in [0.1, 0.15) is 5.75 Å². The number of rotatable bonds is 4. The van der Waals surface area contributed by atoms with Gasteiger partial charge >= 0.3 is 6.01 Å². The third-order valence-electron chi connectivity index (χ3n) is 3.64. The third-order valence-corrected chi connectivity index (χ3v) is 3.64. The number of hydrogen-bond acceptors (Lipinski definition) is 7. The molecule has 0 saturated carbocycles. The maximum Gasteiger partial charge on any atom is 0.328 e. The van der Waals surface area contributed by atoms with Crippen molar-refractivity contribution >= 4 is 28.5 Å². The Kier molecular flexibility index (Phi) is 3.80. The molecule has 0 atom stereocenters. The van der Waals surface area contributed by atoms with Crippen LogP contribution in [0, 0.1) is 11.3 Å². The molecule has 8 heteroatoms. The van der Waals surface area contributed by atoms with E-state index in [0.29, 0.717) is 17.0 Å². The first kappa shape index (κ1) is 15.4. The summed E-state index contributed by atoms with van der Waals surface area (Å²) in [6.07, 6.45) is 1.86. The molecule has 2 heterocycles. The summed E-state index contributed by atoms with van der Waals surface area (Å²) in [4.78, 5) is 15.4. The van der Waals surface area contributed by atoms with E-state index in [1.807, 2.05) is 30.5 Å². The van der Waals surface area contributed by atoms with E-state index in [1.54, 1.807) is 24.3 Å². The van der Waals surface area contributed by atoms with Gasteiger partial charge in [0.2, 0.25) is 11.9 Å². The van der Waals surface area contributed by atoms with Gasteiger partial charge in [-0.25, -0.2) is 0 Å². The van der Waals surface area contributed by atoms with Gasteiger partial charge in [-0.3, -0.25) is 0 Å². The molecular weight excluding hydrogens is 330 g/mol. The lowest BCUT2D eigenvalue weighted by Gasteiger charge is -2.08. The largest absolute Gasteiger partial charge is 0.424 e. The van der Waals surface area contributed by atoms with Crippen LogP contribution in [0.1, 0.15) is 5.56 Å². The number of hydrogen-bond donors (Lipinski definition) is 3. The Hall–Kier alpha value is -4.12. The van der Waals surface area contributed by atoms with Crippen LogP contribution in [0.4, 0.5) is 17.6 Å². The maximum atomic E-state index is 8.84. The van der Waals surface area contributed by atoms with Crippen LogP contribution in [-0.4, -0.2) is 19.9 Å². The molecule has 4 N–H and O–H groups in total. The second-order valence-corrected chi connectivity index (χ2v) is 5.44. The summed E-state index contributed by atoms with van der Waals surface area (Å²) in [6.45, 7) is 0. The van der Waals surface area contributed by atoms with Crippen molar-refractivity contribution < 1.29 is 4.74 Å². The summed E-state index contributed by atoms with van der Waals surface area (Å²) in [5, 5.41) is 12.9. The lowest BCUT2D eigenvalue weighted by molar-refractivity contribution is 0.442. The Bertz CT molecular complexity index is 1110. The Balaban J connectivity index is 1.57. The minimum atomic E-state index is 0.0343. The van der Waals surface area contributed by atoms with Gasteiger partial charge in [0.05, 0.1) is 11.6 Å². The van der Waals surface area contributed by atoms with Crippen LogP contribution >= 0.6 is 0 Å². The smallest absolute Gasteiger partial charge is 0.328 e. The van der Waals surface area contributed by atoms with Gasteiger partial charge in [-0.05, 0) is 47.9 Å². The molecule has 0 bridgehead atoms. The molecule has 0 radical (unpaired) electrons. The van der Waals surface area contributed by atoms with Crippen molar-refractivity contribution in [1.82, 2.24) is 19.9 Å². The van der Waals surface area contributed by atoms with Crippen molar-refractivity contribution in [2.24, 2.45) is 0 Å². The Morgan fingerprint density at radius 3 is 2.69 bits per heavy atom. The molecule has 0 unspecified atom stereocenters. The third kappa shape index (κ3) is 3.22. The molecule has 0 aliphatic carbocycles. The number of aromatic amines is 1. The summed E-state index contributed by atoms with van der Waals surface area (Å²) >= 11 is 0. The molecule has 2 aromatic carbocycles. The van der Waals surface area contributed by atoms with Crippen LogP contribution in [0.5, 0.6) is 11.8 Å². The van der Waals surface area contributed by atoms with Crippen LogP contribution in [-0.2, 0) is 0 Å². The molecule has 126 valence electrons. The number of H-pyrrole nitrogens is 1. The molecule has 0 fully saturated rings.